The maximum atomic E-state index is 13.4. The van der Waals surface area contributed by atoms with Crippen molar-refractivity contribution in [2.45, 2.75) is 45.4 Å². The molecule has 0 saturated heterocycles. The Balaban J connectivity index is 2.23. The predicted octanol–water partition coefficient (Wildman–Crippen LogP) is 7.82. The van der Waals surface area contributed by atoms with E-state index in [0.717, 1.165) is 33.8 Å². The molecule has 0 N–H and O–H groups in total. The van der Waals surface area contributed by atoms with Crippen LogP contribution >= 0.6 is 23.4 Å². The number of hydrogen-bond acceptors (Lipinski definition) is 3. The van der Waals surface area contributed by atoms with Crippen molar-refractivity contribution in [2.24, 2.45) is 17.8 Å². The molecule has 0 amide bonds. The highest BCUT2D eigenvalue weighted by molar-refractivity contribution is 8.08. The molecule has 1 aliphatic rings. The van der Waals surface area contributed by atoms with Crippen LogP contribution in [-0.2, 0) is 16.0 Å². The van der Waals surface area contributed by atoms with Crippen LogP contribution in [0, 0.1) is 17.8 Å². The molecule has 0 aliphatic heterocycles. The summed E-state index contributed by atoms with van der Waals surface area (Å²) in [4.78, 5) is 15.4. The minimum Gasteiger partial charge on any atom is -0.463 e. The SMILES string of the molecule is CC/C=C\C(C(C)C)C1Cc2ccc(Cl)cc2C(Sc2ccccc2)=C1C(=O)OCC. The smallest absolute Gasteiger partial charge is 0.335 e. The van der Waals surface area contributed by atoms with Gasteiger partial charge < -0.3 is 4.74 Å². The summed E-state index contributed by atoms with van der Waals surface area (Å²) in [7, 11) is 0. The van der Waals surface area contributed by atoms with Gasteiger partial charge in [0.2, 0.25) is 0 Å². The molecule has 0 radical (unpaired) electrons. The van der Waals surface area contributed by atoms with E-state index < -0.39 is 0 Å². The summed E-state index contributed by atoms with van der Waals surface area (Å²) >= 11 is 8.02. The lowest BCUT2D eigenvalue weighted by molar-refractivity contribution is -0.139. The molecule has 4 heteroatoms. The number of hydrogen-bond donors (Lipinski definition) is 0. The summed E-state index contributed by atoms with van der Waals surface area (Å²) in [6.07, 6.45) is 6.29. The first-order valence-electron chi connectivity index (χ1n) is 11.1. The number of fused-ring (bicyclic) bond motifs is 1. The Morgan fingerprint density at radius 3 is 2.58 bits per heavy atom. The van der Waals surface area contributed by atoms with Gasteiger partial charge in [0.25, 0.3) is 0 Å². The number of carbonyl (C=O) groups is 1. The molecule has 2 nitrogen and oxygen atoms in total. The Hall–Kier alpha value is -1.97. The maximum absolute atomic E-state index is 13.4. The van der Waals surface area contributed by atoms with Crippen LogP contribution in [0.1, 0.15) is 45.2 Å². The van der Waals surface area contributed by atoms with E-state index >= 15 is 0 Å². The Kier molecular flexibility index (Phi) is 8.45. The highest BCUT2D eigenvalue weighted by atomic mass is 35.5. The first-order valence-corrected chi connectivity index (χ1v) is 12.2. The van der Waals surface area contributed by atoms with Gasteiger partial charge in [-0.25, -0.2) is 4.79 Å². The van der Waals surface area contributed by atoms with Crippen molar-refractivity contribution in [1.82, 2.24) is 0 Å². The van der Waals surface area contributed by atoms with E-state index in [1.807, 2.05) is 37.3 Å². The number of halogens is 1. The van der Waals surface area contributed by atoms with Gasteiger partial charge in [-0.05, 0) is 67.0 Å². The van der Waals surface area contributed by atoms with E-state index in [1.54, 1.807) is 11.8 Å². The third-order valence-corrected chi connectivity index (χ3v) is 7.05. The monoisotopic (exact) mass is 454 g/mol. The fourth-order valence-electron chi connectivity index (χ4n) is 4.20. The molecule has 164 valence electrons. The molecule has 2 unspecified atom stereocenters. The van der Waals surface area contributed by atoms with Gasteiger partial charge in [-0.2, -0.15) is 0 Å². The van der Waals surface area contributed by atoms with Gasteiger partial charge in [0.1, 0.15) is 0 Å². The highest BCUT2D eigenvalue weighted by Crippen LogP contribution is 2.48. The first-order chi connectivity index (χ1) is 15.0. The largest absolute Gasteiger partial charge is 0.463 e. The predicted molar refractivity (Wildman–Crippen MR) is 132 cm³/mol. The number of ether oxygens (including phenoxy) is 1. The minimum atomic E-state index is -0.216. The molecular formula is C27H31ClO2S. The Morgan fingerprint density at radius 1 is 1.19 bits per heavy atom. The zero-order valence-electron chi connectivity index (χ0n) is 18.7. The van der Waals surface area contributed by atoms with Gasteiger partial charge in [0, 0.05) is 20.7 Å². The minimum absolute atomic E-state index is 0.0572. The summed E-state index contributed by atoms with van der Waals surface area (Å²) < 4.78 is 5.59. The number of thioether (sulfide) groups is 1. The highest BCUT2D eigenvalue weighted by Gasteiger charge is 2.37. The molecule has 0 fully saturated rings. The average Bonchev–Trinajstić information content (AvgIpc) is 2.75. The average molecular weight is 455 g/mol. The molecule has 2 atom stereocenters. The van der Waals surface area contributed by atoms with E-state index in [2.05, 4.69) is 51.1 Å². The number of carbonyl (C=O) groups excluding carboxylic acids is 1. The number of esters is 1. The van der Waals surface area contributed by atoms with Crippen molar-refractivity contribution in [1.29, 1.82) is 0 Å². The van der Waals surface area contributed by atoms with Crippen molar-refractivity contribution >= 4 is 34.2 Å². The van der Waals surface area contributed by atoms with E-state index in [9.17, 15) is 4.79 Å². The van der Waals surface area contributed by atoms with E-state index in [4.69, 9.17) is 16.3 Å². The summed E-state index contributed by atoms with van der Waals surface area (Å²) in [5.41, 5.74) is 3.06. The van der Waals surface area contributed by atoms with Crippen LogP contribution in [0.3, 0.4) is 0 Å². The third kappa shape index (κ3) is 5.64. The van der Waals surface area contributed by atoms with Crippen molar-refractivity contribution in [3.05, 3.63) is 82.4 Å². The van der Waals surface area contributed by atoms with Crippen molar-refractivity contribution < 1.29 is 9.53 Å². The molecular weight excluding hydrogens is 424 g/mol. The lowest BCUT2D eigenvalue weighted by atomic mass is 9.72. The summed E-state index contributed by atoms with van der Waals surface area (Å²) in [5.74, 6) is 0.484. The van der Waals surface area contributed by atoms with Crippen molar-refractivity contribution in [3.63, 3.8) is 0 Å². The van der Waals surface area contributed by atoms with Gasteiger partial charge >= 0.3 is 5.97 Å². The zero-order valence-corrected chi connectivity index (χ0v) is 20.3. The number of rotatable bonds is 8. The standard InChI is InChI=1S/C27H31ClO2S/c1-5-7-13-22(18(3)4)24-16-19-14-15-20(28)17-23(19)26(25(24)27(29)30-6-2)31-21-11-9-8-10-12-21/h7-15,17-18,22,24H,5-6,16H2,1-4H3/b13-7-. The van der Waals surface area contributed by atoms with E-state index in [0.29, 0.717) is 17.5 Å². The van der Waals surface area contributed by atoms with Crippen molar-refractivity contribution in [2.75, 3.05) is 6.61 Å². The van der Waals surface area contributed by atoms with Crippen LogP contribution in [0.25, 0.3) is 4.91 Å². The van der Waals surface area contributed by atoms with Gasteiger partial charge in [-0.1, -0.05) is 80.6 Å². The molecule has 2 aromatic carbocycles. The maximum Gasteiger partial charge on any atom is 0.335 e. The molecule has 2 aromatic rings. The summed E-state index contributed by atoms with van der Waals surface area (Å²) in [5, 5.41) is 0.679. The Bertz CT molecular complexity index is 962. The summed E-state index contributed by atoms with van der Waals surface area (Å²) in [6.45, 7) is 8.83. The van der Waals surface area contributed by atoms with Gasteiger partial charge in [-0.15, -0.1) is 0 Å². The third-order valence-electron chi connectivity index (χ3n) is 5.66. The topological polar surface area (TPSA) is 26.3 Å². The Morgan fingerprint density at radius 2 is 1.94 bits per heavy atom. The van der Waals surface area contributed by atoms with Crippen LogP contribution in [0.2, 0.25) is 5.02 Å². The van der Waals surface area contributed by atoms with E-state index in [1.165, 1.54) is 5.56 Å². The lowest BCUT2D eigenvalue weighted by Crippen LogP contribution is -2.30. The molecule has 1 aliphatic carbocycles. The quantitative estimate of drug-likeness (QED) is 0.300. The van der Waals surface area contributed by atoms with Crippen LogP contribution in [-0.4, -0.2) is 12.6 Å². The summed E-state index contributed by atoms with van der Waals surface area (Å²) in [6, 6.07) is 16.2. The first kappa shape index (κ1) is 23.7. The normalized spacial score (nSPS) is 17.2. The molecule has 0 saturated carbocycles. The second-order valence-electron chi connectivity index (χ2n) is 8.15. The fourth-order valence-corrected chi connectivity index (χ4v) is 5.55. The number of benzene rings is 2. The van der Waals surface area contributed by atoms with Crippen LogP contribution in [0.15, 0.2) is 71.2 Å². The van der Waals surface area contributed by atoms with Gasteiger partial charge in [0.15, 0.2) is 0 Å². The van der Waals surface area contributed by atoms with Crippen LogP contribution < -0.4 is 0 Å². The molecule has 0 spiro atoms. The second-order valence-corrected chi connectivity index (χ2v) is 9.67. The van der Waals surface area contributed by atoms with Crippen LogP contribution in [0.5, 0.6) is 0 Å². The molecule has 31 heavy (non-hydrogen) atoms. The zero-order chi connectivity index (χ0) is 22.4. The molecule has 0 aromatic heterocycles. The van der Waals surface area contributed by atoms with Crippen molar-refractivity contribution in [3.8, 4) is 0 Å². The molecule has 0 heterocycles. The number of allylic oxidation sites excluding steroid dienone is 2. The van der Waals surface area contributed by atoms with Gasteiger partial charge in [0.05, 0.1) is 12.2 Å². The molecule has 3 rings (SSSR count). The molecule has 0 bridgehead atoms. The lowest BCUT2D eigenvalue weighted by Gasteiger charge is -2.35. The van der Waals surface area contributed by atoms with E-state index in [-0.39, 0.29) is 17.8 Å². The van der Waals surface area contributed by atoms with Gasteiger partial charge in [-0.3, -0.25) is 0 Å². The fraction of sp³-hybridized carbons (Fsp3) is 0.370. The van der Waals surface area contributed by atoms with Crippen LogP contribution in [0.4, 0.5) is 0 Å². The second kappa shape index (κ2) is 11.1. The Labute approximate surface area is 195 Å².